The van der Waals surface area contributed by atoms with E-state index in [9.17, 15) is 4.79 Å². The Labute approximate surface area is 114 Å². The second-order valence-corrected chi connectivity index (χ2v) is 5.34. The molecule has 0 spiro atoms. The predicted octanol–water partition coefficient (Wildman–Crippen LogP) is 2.54. The van der Waals surface area contributed by atoms with Gasteiger partial charge in [0.1, 0.15) is 0 Å². The molecule has 3 N–H and O–H groups in total. The van der Waals surface area contributed by atoms with Crippen LogP contribution in [0.25, 0.3) is 0 Å². The first-order valence-electron chi connectivity index (χ1n) is 7.02. The van der Waals surface area contributed by atoms with Crippen LogP contribution in [0.4, 0.5) is 5.69 Å². The summed E-state index contributed by atoms with van der Waals surface area (Å²) in [6.45, 7) is 5.93. The van der Waals surface area contributed by atoms with Gasteiger partial charge in [-0.3, -0.25) is 10.6 Å². The van der Waals surface area contributed by atoms with Gasteiger partial charge in [0.2, 0.25) is 0 Å². The lowest BCUT2D eigenvalue weighted by Gasteiger charge is -2.32. The van der Waals surface area contributed by atoms with Gasteiger partial charge in [-0.05, 0) is 49.4 Å². The lowest BCUT2D eigenvalue weighted by atomic mass is 9.94. The highest BCUT2D eigenvalue weighted by Gasteiger charge is 2.24. The van der Waals surface area contributed by atoms with Crippen molar-refractivity contribution in [3.8, 4) is 0 Å². The summed E-state index contributed by atoms with van der Waals surface area (Å²) in [4.78, 5) is 14.6. The zero-order valence-corrected chi connectivity index (χ0v) is 11.8. The maximum absolute atomic E-state index is 12.6. The number of anilines is 1. The van der Waals surface area contributed by atoms with E-state index in [2.05, 4.69) is 12.3 Å². The van der Waals surface area contributed by atoms with Crippen LogP contribution in [-0.2, 0) is 0 Å². The summed E-state index contributed by atoms with van der Waals surface area (Å²) in [6.07, 6.45) is 3.51. The minimum absolute atomic E-state index is 0.152. The number of nitrogens with zero attached hydrogens (tertiary/aromatic N) is 1. The Morgan fingerprint density at radius 1 is 1.53 bits per heavy atom. The van der Waals surface area contributed by atoms with Crippen LogP contribution in [0.3, 0.4) is 0 Å². The number of rotatable bonds is 3. The number of carbonyl (C=O) groups is 1. The lowest BCUT2D eigenvalue weighted by molar-refractivity contribution is 0.0670. The Bertz CT molecular complexity index is 459. The zero-order valence-electron chi connectivity index (χ0n) is 11.8. The molecule has 1 fully saturated rings. The molecule has 0 bridgehead atoms. The standard InChI is InChI=1S/C15H23N3O/c1-3-12-5-4-8-18(10-12)15(19)14-7-6-13(17-16)9-11(14)2/h6-7,9,12,17H,3-5,8,10,16H2,1-2H3. The van der Waals surface area contributed by atoms with Gasteiger partial charge in [-0.25, -0.2) is 0 Å². The number of nitrogens with two attached hydrogens (primary N) is 1. The Hall–Kier alpha value is -1.55. The summed E-state index contributed by atoms with van der Waals surface area (Å²) < 4.78 is 0. The smallest absolute Gasteiger partial charge is 0.254 e. The lowest BCUT2D eigenvalue weighted by Crippen LogP contribution is -2.40. The van der Waals surface area contributed by atoms with Crippen molar-refractivity contribution in [2.24, 2.45) is 11.8 Å². The summed E-state index contributed by atoms with van der Waals surface area (Å²) in [7, 11) is 0. The number of amides is 1. The molecule has 2 rings (SSSR count). The number of piperidine rings is 1. The van der Waals surface area contributed by atoms with Crippen molar-refractivity contribution < 1.29 is 4.79 Å². The molecule has 4 heteroatoms. The molecule has 1 aliphatic heterocycles. The predicted molar refractivity (Wildman–Crippen MR) is 77.9 cm³/mol. The Morgan fingerprint density at radius 3 is 2.95 bits per heavy atom. The van der Waals surface area contributed by atoms with E-state index in [-0.39, 0.29) is 5.91 Å². The maximum atomic E-state index is 12.6. The molecule has 0 aliphatic carbocycles. The molecule has 0 saturated carbocycles. The van der Waals surface area contributed by atoms with Crippen LogP contribution in [0.2, 0.25) is 0 Å². The van der Waals surface area contributed by atoms with Crippen LogP contribution < -0.4 is 11.3 Å². The molecule has 1 aliphatic rings. The topological polar surface area (TPSA) is 58.4 Å². The van der Waals surface area contributed by atoms with E-state index in [0.717, 1.165) is 42.7 Å². The highest BCUT2D eigenvalue weighted by molar-refractivity contribution is 5.96. The number of carbonyl (C=O) groups excluding carboxylic acids is 1. The Balaban J connectivity index is 2.15. The average molecular weight is 261 g/mol. The molecule has 4 nitrogen and oxygen atoms in total. The van der Waals surface area contributed by atoms with Crippen LogP contribution in [0.1, 0.15) is 42.1 Å². The largest absolute Gasteiger partial charge is 0.338 e. The van der Waals surface area contributed by atoms with Crippen LogP contribution in [0.5, 0.6) is 0 Å². The third-order valence-electron chi connectivity index (χ3n) is 4.01. The molecule has 1 aromatic carbocycles. The van der Waals surface area contributed by atoms with Gasteiger partial charge in [-0.2, -0.15) is 0 Å². The van der Waals surface area contributed by atoms with Gasteiger partial charge < -0.3 is 10.3 Å². The van der Waals surface area contributed by atoms with E-state index in [4.69, 9.17) is 5.84 Å². The van der Waals surface area contributed by atoms with E-state index in [1.165, 1.54) is 6.42 Å². The van der Waals surface area contributed by atoms with Crippen LogP contribution in [0.15, 0.2) is 18.2 Å². The van der Waals surface area contributed by atoms with Crippen molar-refractivity contribution in [2.75, 3.05) is 18.5 Å². The highest BCUT2D eigenvalue weighted by Crippen LogP contribution is 2.22. The summed E-state index contributed by atoms with van der Waals surface area (Å²) in [5.74, 6) is 6.19. The fourth-order valence-corrected chi connectivity index (χ4v) is 2.75. The highest BCUT2D eigenvalue weighted by atomic mass is 16.2. The van der Waals surface area contributed by atoms with Gasteiger partial charge in [0.15, 0.2) is 0 Å². The number of hydrogen-bond donors (Lipinski definition) is 2. The molecule has 0 radical (unpaired) electrons. The SMILES string of the molecule is CCC1CCCN(C(=O)c2ccc(NN)cc2C)C1. The molecule has 19 heavy (non-hydrogen) atoms. The molecule has 1 saturated heterocycles. The van der Waals surface area contributed by atoms with Crippen molar-refractivity contribution >= 4 is 11.6 Å². The molecule has 1 aromatic rings. The zero-order chi connectivity index (χ0) is 13.8. The fourth-order valence-electron chi connectivity index (χ4n) is 2.75. The molecule has 1 heterocycles. The van der Waals surface area contributed by atoms with Gasteiger partial charge in [-0.1, -0.05) is 13.3 Å². The Kier molecular flexibility index (Phi) is 4.43. The summed E-state index contributed by atoms with van der Waals surface area (Å²) in [5.41, 5.74) is 5.20. The summed E-state index contributed by atoms with van der Waals surface area (Å²) in [6, 6.07) is 5.62. The van der Waals surface area contributed by atoms with Crippen molar-refractivity contribution in [1.29, 1.82) is 0 Å². The first-order chi connectivity index (χ1) is 9.15. The van der Waals surface area contributed by atoms with Crippen molar-refractivity contribution in [3.63, 3.8) is 0 Å². The molecule has 1 amide bonds. The first-order valence-corrected chi connectivity index (χ1v) is 7.02. The molecular formula is C15H23N3O. The molecule has 1 atom stereocenters. The maximum Gasteiger partial charge on any atom is 0.254 e. The van der Waals surface area contributed by atoms with Crippen LogP contribution in [0, 0.1) is 12.8 Å². The fraction of sp³-hybridized carbons (Fsp3) is 0.533. The van der Waals surface area contributed by atoms with Gasteiger partial charge in [-0.15, -0.1) is 0 Å². The van der Waals surface area contributed by atoms with Gasteiger partial charge >= 0.3 is 0 Å². The average Bonchev–Trinajstić information content (AvgIpc) is 2.46. The van der Waals surface area contributed by atoms with Crippen LogP contribution >= 0.6 is 0 Å². The van der Waals surface area contributed by atoms with E-state index < -0.39 is 0 Å². The van der Waals surface area contributed by atoms with Gasteiger partial charge in [0.25, 0.3) is 5.91 Å². The van der Waals surface area contributed by atoms with E-state index >= 15 is 0 Å². The molecule has 1 unspecified atom stereocenters. The van der Waals surface area contributed by atoms with Crippen LogP contribution in [-0.4, -0.2) is 23.9 Å². The summed E-state index contributed by atoms with van der Waals surface area (Å²) >= 11 is 0. The van der Waals surface area contributed by atoms with E-state index in [1.807, 2.05) is 30.0 Å². The third-order valence-corrected chi connectivity index (χ3v) is 4.01. The van der Waals surface area contributed by atoms with Gasteiger partial charge in [0, 0.05) is 24.3 Å². The number of hydrogen-bond acceptors (Lipinski definition) is 3. The normalized spacial score (nSPS) is 19.3. The van der Waals surface area contributed by atoms with E-state index in [0.29, 0.717) is 5.92 Å². The molecule has 104 valence electrons. The number of benzene rings is 1. The molecule has 0 aromatic heterocycles. The first kappa shape index (κ1) is 13.9. The summed E-state index contributed by atoms with van der Waals surface area (Å²) in [5, 5.41) is 0. The van der Waals surface area contributed by atoms with Crippen molar-refractivity contribution in [1.82, 2.24) is 4.90 Å². The minimum Gasteiger partial charge on any atom is -0.338 e. The minimum atomic E-state index is 0.152. The number of likely N-dealkylation sites (tertiary alicyclic amines) is 1. The van der Waals surface area contributed by atoms with E-state index in [1.54, 1.807) is 0 Å². The number of nitrogens with one attached hydrogen (secondary N) is 1. The monoisotopic (exact) mass is 261 g/mol. The Morgan fingerprint density at radius 2 is 2.32 bits per heavy atom. The van der Waals surface area contributed by atoms with Crippen molar-refractivity contribution in [2.45, 2.75) is 33.1 Å². The number of nitrogen functional groups attached to an aromatic ring is 1. The quantitative estimate of drug-likeness (QED) is 0.649. The third kappa shape index (κ3) is 3.07. The second-order valence-electron chi connectivity index (χ2n) is 5.34. The van der Waals surface area contributed by atoms with Crippen molar-refractivity contribution in [3.05, 3.63) is 29.3 Å². The number of hydrazine groups is 1. The van der Waals surface area contributed by atoms with Gasteiger partial charge in [0.05, 0.1) is 0 Å². The number of aryl methyl sites for hydroxylation is 1. The molecular weight excluding hydrogens is 238 g/mol. The second kappa shape index (κ2) is 6.06.